The molecule has 0 amide bonds. The lowest BCUT2D eigenvalue weighted by atomic mass is 9.52. The summed E-state index contributed by atoms with van der Waals surface area (Å²) < 4.78 is 14.4. The predicted octanol–water partition coefficient (Wildman–Crippen LogP) is 5.65. The Labute approximate surface area is 146 Å². The lowest BCUT2D eigenvalue weighted by Crippen LogP contribution is -2.55. The van der Waals surface area contributed by atoms with Gasteiger partial charge in [0.1, 0.15) is 11.9 Å². The van der Waals surface area contributed by atoms with E-state index < -0.39 is 5.82 Å². The maximum absolute atomic E-state index is 14.4. The van der Waals surface area contributed by atoms with Crippen LogP contribution in [0.3, 0.4) is 0 Å². The maximum atomic E-state index is 14.4. The molecule has 0 aromatic heterocycles. The van der Waals surface area contributed by atoms with Gasteiger partial charge in [-0.3, -0.25) is 0 Å². The highest BCUT2D eigenvalue weighted by Gasteiger charge is 2.58. The molecule has 0 atom stereocenters. The minimum absolute atomic E-state index is 0.0371. The number of hydrogen-bond donors (Lipinski definition) is 0. The Morgan fingerprint density at radius 1 is 1.00 bits per heavy atom. The van der Waals surface area contributed by atoms with Gasteiger partial charge in [-0.2, -0.15) is 5.26 Å². The van der Waals surface area contributed by atoms with Gasteiger partial charge in [0.25, 0.3) is 0 Å². The van der Waals surface area contributed by atoms with Crippen LogP contribution in [0.1, 0.15) is 73.4 Å². The first-order valence-electron chi connectivity index (χ1n) is 8.68. The van der Waals surface area contributed by atoms with Gasteiger partial charge in [-0.05, 0) is 49.3 Å². The lowest BCUT2D eigenvalue weighted by Gasteiger charge is -2.52. The largest absolute Gasteiger partial charge is 0.365 e. The molecule has 0 spiro atoms. The Balaban J connectivity index is 2.92. The topological polar surface area (TPSA) is 27.0 Å². The molecule has 1 heterocycles. The van der Waals surface area contributed by atoms with Gasteiger partial charge in [0.15, 0.2) is 0 Å². The van der Waals surface area contributed by atoms with Crippen LogP contribution in [-0.4, -0.2) is 12.1 Å². The highest BCUT2D eigenvalue weighted by molar-refractivity contribution is 5.68. The fourth-order valence-corrected chi connectivity index (χ4v) is 4.63. The Bertz CT molecular complexity index is 677. The van der Waals surface area contributed by atoms with E-state index in [4.69, 9.17) is 0 Å². The van der Waals surface area contributed by atoms with Crippen molar-refractivity contribution in [3.63, 3.8) is 0 Å². The van der Waals surface area contributed by atoms with Gasteiger partial charge in [-0.1, -0.05) is 41.5 Å². The van der Waals surface area contributed by atoms with E-state index >= 15 is 0 Å². The van der Waals surface area contributed by atoms with E-state index in [-0.39, 0.29) is 27.3 Å². The summed E-state index contributed by atoms with van der Waals surface area (Å²) in [5, 5.41) is 9.35. The molecule has 0 N–H and O–H groups in total. The van der Waals surface area contributed by atoms with Gasteiger partial charge in [-0.15, -0.1) is 0 Å². The van der Waals surface area contributed by atoms with E-state index in [1.807, 2.05) is 6.07 Å². The third-order valence-electron chi connectivity index (χ3n) is 5.72. The zero-order chi connectivity index (χ0) is 18.7. The molecule has 0 bridgehead atoms. The normalized spacial score (nSPS) is 17.6. The van der Waals surface area contributed by atoms with E-state index in [1.165, 1.54) is 0 Å². The first-order chi connectivity index (χ1) is 10.7. The third-order valence-corrected chi connectivity index (χ3v) is 5.72. The Hall–Kier alpha value is -1.56. The van der Waals surface area contributed by atoms with E-state index in [0.717, 1.165) is 17.8 Å². The van der Waals surface area contributed by atoms with Crippen molar-refractivity contribution in [2.75, 3.05) is 11.4 Å². The SMILES string of the molecule is CC(C)(C)N1CC(C(C)(C)C)(C(C)(C)C)c2cc(C#N)c(F)cc21. The molecule has 24 heavy (non-hydrogen) atoms. The zero-order valence-corrected chi connectivity index (χ0v) is 16.6. The molecule has 0 saturated carbocycles. The van der Waals surface area contributed by atoms with Gasteiger partial charge >= 0.3 is 0 Å². The van der Waals surface area contributed by atoms with Crippen LogP contribution in [-0.2, 0) is 5.41 Å². The van der Waals surface area contributed by atoms with Crippen molar-refractivity contribution in [1.29, 1.82) is 5.26 Å². The number of halogens is 1. The van der Waals surface area contributed by atoms with Crippen LogP contribution in [0.4, 0.5) is 10.1 Å². The second kappa shape index (κ2) is 5.22. The molecule has 2 rings (SSSR count). The maximum Gasteiger partial charge on any atom is 0.143 e. The van der Waals surface area contributed by atoms with E-state index in [2.05, 4.69) is 67.2 Å². The minimum atomic E-state index is -0.427. The van der Waals surface area contributed by atoms with Crippen LogP contribution in [0.5, 0.6) is 0 Å². The fourth-order valence-electron chi connectivity index (χ4n) is 4.63. The summed E-state index contributed by atoms with van der Waals surface area (Å²) in [5.74, 6) is -0.427. The van der Waals surface area contributed by atoms with Gasteiger partial charge in [-0.25, -0.2) is 4.39 Å². The number of hydrogen-bond acceptors (Lipinski definition) is 2. The predicted molar refractivity (Wildman–Crippen MR) is 98.8 cm³/mol. The van der Waals surface area contributed by atoms with Crippen LogP contribution in [0, 0.1) is 28.0 Å². The molecule has 0 fully saturated rings. The Morgan fingerprint density at radius 2 is 1.50 bits per heavy atom. The molecule has 0 saturated heterocycles. The average Bonchev–Trinajstić information content (AvgIpc) is 2.71. The summed E-state index contributed by atoms with van der Waals surface area (Å²) >= 11 is 0. The molecule has 0 radical (unpaired) electrons. The third kappa shape index (κ3) is 2.51. The Morgan fingerprint density at radius 3 is 1.88 bits per heavy atom. The van der Waals surface area contributed by atoms with Crippen LogP contribution in [0.15, 0.2) is 12.1 Å². The monoisotopic (exact) mass is 330 g/mol. The van der Waals surface area contributed by atoms with Crippen LogP contribution >= 0.6 is 0 Å². The summed E-state index contributed by atoms with van der Waals surface area (Å²) in [6, 6.07) is 5.39. The molecule has 0 aliphatic carbocycles. The molecule has 2 nitrogen and oxygen atoms in total. The van der Waals surface area contributed by atoms with Crippen molar-refractivity contribution in [1.82, 2.24) is 0 Å². The summed E-state index contributed by atoms with van der Waals surface area (Å²) in [6.45, 7) is 20.8. The number of nitriles is 1. The van der Waals surface area contributed by atoms with Crippen molar-refractivity contribution in [2.45, 2.75) is 73.3 Å². The van der Waals surface area contributed by atoms with Crippen molar-refractivity contribution in [3.8, 4) is 6.07 Å². The van der Waals surface area contributed by atoms with Gasteiger partial charge in [0, 0.05) is 23.2 Å². The van der Waals surface area contributed by atoms with Crippen LogP contribution in [0.25, 0.3) is 0 Å². The molecule has 1 aromatic rings. The summed E-state index contributed by atoms with van der Waals surface area (Å²) in [6.07, 6.45) is 0. The zero-order valence-electron chi connectivity index (χ0n) is 16.6. The summed E-state index contributed by atoms with van der Waals surface area (Å²) in [7, 11) is 0. The van der Waals surface area contributed by atoms with Crippen molar-refractivity contribution < 1.29 is 4.39 Å². The van der Waals surface area contributed by atoms with Crippen LogP contribution < -0.4 is 4.90 Å². The molecule has 1 aromatic carbocycles. The first-order valence-corrected chi connectivity index (χ1v) is 8.68. The molecule has 1 aliphatic heterocycles. The van der Waals surface area contributed by atoms with E-state index in [9.17, 15) is 9.65 Å². The average molecular weight is 330 g/mol. The van der Waals surface area contributed by atoms with Crippen molar-refractivity contribution in [2.24, 2.45) is 10.8 Å². The highest BCUT2D eigenvalue weighted by Crippen LogP contribution is 2.60. The van der Waals surface area contributed by atoms with Crippen molar-refractivity contribution in [3.05, 3.63) is 29.1 Å². The summed E-state index contributed by atoms with van der Waals surface area (Å²) in [5.41, 5.74) is 1.81. The number of benzene rings is 1. The first kappa shape index (κ1) is 18.8. The quantitative estimate of drug-likeness (QED) is 0.615. The number of fused-ring (bicyclic) bond motifs is 1. The molecule has 0 unspecified atom stereocenters. The molecule has 132 valence electrons. The second-order valence-electron chi connectivity index (χ2n) is 10.1. The van der Waals surface area contributed by atoms with E-state index in [0.29, 0.717) is 0 Å². The standard InChI is InChI=1S/C21H31FN2/c1-18(2,3)21(19(4,5)6)13-24(20(7,8)9)17-11-16(22)14(12-23)10-15(17)21/h10-11H,13H2,1-9H3. The highest BCUT2D eigenvalue weighted by atomic mass is 19.1. The van der Waals surface area contributed by atoms with Crippen molar-refractivity contribution >= 4 is 5.69 Å². The smallest absolute Gasteiger partial charge is 0.143 e. The fraction of sp³-hybridized carbons (Fsp3) is 0.667. The number of rotatable bonds is 0. The summed E-state index contributed by atoms with van der Waals surface area (Å²) in [4.78, 5) is 2.31. The molecule has 1 aliphatic rings. The van der Waals surface area contributed by atoms with Gasteiger partial charge in [0.05, 0.1) is 5.56 Å². The molecular weight excluding hydrogens is 299 g/mol. The Kier molecular flexibility index (Phi) is 4.08. The van der Waals surface area contributed by atoms with Gasteiger partial charge < -0.3 is 4.90 Å². The minimum Gasteiger partial charge on any atom is -0.365 e. The van der Waals surface area contributed by atoms with Gasteiger partial charge in [0.2, 0.25) is 0 Å². The van der Waals surface area contributed by atoms with E-state index in [1.54, 1.807) is 12.1 Å². The molecular formula is C21H31FN2. The lowest BCUT2D eigenvalue weighted by molar-refractivity contribution is 0.0635. The number of anilines is 1. The van der Waals surface area contributed by atoms with Crippen LogP contribution in [0.2, 0.25) is 0 Å². The molecule has 3 heteroatoms. The number of nitrogens with zero attached hydrogens (tertiary/aromatic N) is 2. The second-order valence-corrected chi connectivity index (χ2v) is 10.1.